The minimum Gasteiger partial charge on any atom is -0.451 e. The second-order valence-electron chi connectivity index (χ2n) is 6.39. The van der Waals surface area contributed by atoms with Crippen LogP contribution >= 0.6 is 0 Å². The van der Waals surface area contributed by atoms with E-state index in [4.69, 9.17) is 4.42 Å². The van der Waals surface area contributed by atoms with Gasteiger partial charge in [0.1, 0.15) is 11.6 Å². The van der Waals surface area contributed by atoms with Crippen molar-refractivity contribution in [1.82, 2.24) is 10.2 Å². The number of amides is 1. The molecule has 4 nitrogen and oxygen atoms in total. The summed E-state index contributed by atoms with van der Waals surface area (Å²) in [6.45, 7) is 3.22. The van der Waals surface area contributed by atoms with Gasteiger partial charge in [-0.05, 0) is 68.2 Å². The normalized spacial score (nSPS) is 26.2. The van der Waals surface area contributed by atoms with Gasteiger partial charge in [0.05, 0.1) is 0 Å². The van der Waals surface area contributed by atoms with Crippen molar-refractivity contribution >= 4 is 5.91 Å². The second-order valence-corrected chi connectivity index (χ2v) is 6.39. The highest BCUT2D eigenvalue weighted by Crippen LogP contribution is 2.28. The fourth-order valence-electron chi connectivity index (χ4n) is 3.60. The topological polar surface area (TPSA) is 45.5 Å². The molecule has 3 aliphatic rings. The van der Waals surface area contributed by atoms with E-state index in [0.717, 1.165) is 38.0 Å². The van der Waals surface area contributed by atoms with Crippen LogP contribution in [0, 0.1) is 11.7 Å². The third-order valence-corrected chi connectivity index (χ3v) is 4.93. The molecule has 0 unspecified atom stereocenters. The molecule has 23 heavy (non-hydrogen) atoms. The van der Waals surface area contributed by atoms with E-state index in [1.165, 1.54) is 12.1 Å². The molecule has 3 saturated heterocycles. The van der Waals surface area contributed by atoms with E-state index < -0.39 is 0 Å². The SMILES string of the molecule is O=C(N[C@H]1CN2CCC1CC2)c1ccc(-c2ccc(F)cc2)o1. The van der Waals surface area contributed by atoms with Gasteiger partial charge >= 0.3 is 0 Å². The molecule has 1 aromatic carbocycles. The largest absolute Gasteiger partial charge is 0.451 e. The van der Waals surface area contributed by atoms with Crippen molar-refractivity contribution in [3.8, 4) is 11.3 Å². The number of nitrogens with zero attached hydrogens (tertiary/aromatic N) is 1. The van der Waals surface area contributed by atoms with Gasteiger partial charge in [0, 0.05) is 18.2 Å². The molecule has 3 fully saturated rings. The summed E-state index contributed by atoms with van der Waals surface area (Å²) >= 11 is 0. The summed E-state index contributed by atoms with van der Waals surface area (Å²) in [5.41, 5.74) is 0.758. The third kappa shape index (κ3) is 2.88. The van der Waals surface area contributed by atoms with Gasteiger partial charge in [-0.1, -0.05) is 0 Å². The zero-order valence-electron chi connectivity index (χ0n) is 12.8. The lowest BCUT2D eigenvalue weighted by Crippen LogP contribution is -2.57. The molecule has 2 aromatic rings. The van der Waals surface area contributed by atoms with Crippen molar-refractivity contribution in [3.63, 3.8) is 0 Å². The van der Waals surface area contributed by atoms with E-state index >= 15 is 0 Å². The quantitative estimate of drug-likeness (QED) is 0.947. The van der Waals surface area contributed by atoms with Crippen molar-refractivity contribution in [1.29, 1.82) is 0 Å². The molecular weight excluding hydrogens is 295 g/mol. The number of carbonyl (C=O) groups is 1. The summed E-state index contributed by atoms with van der Waals surface area (Å²) in [5, 5.41) is 3.11. The molecule has 0 aliphatic carbocycles. The fourth-order valence-corrected chi connectivity index (χ4v) is 3.60. The number of rotatable bonds is 3. The number of fused-ring (bicyclic) bond motifs is 3. The number of piperidine rings is 3. The molecule has 0 spiro atoms. The summed E-state index contributed by atoms with van der Waals surface area (Å²) in [7, 11) is 0. The van der Waals surface area contributed by atoms with Gasteiger partial charge in [0.2, 0.25) is 0 Å². The van der Waals surface area contributed by atoms with Crippen LogP contribution in [0.4, 0.5) is 4.39 Å². The molecule has 120 valence electrons. The van der Waals surface area contributed by atoms with Crippen LogP contribution in [0.3, 0.4) is 0 Å². The zero-order chi connectivity index (χ0) is 15.8. The lowest BCUT2D eigenvalue weighted by molar-refractivity contribution is 0.0606. The lowest BCUT2D eigenvalue weighted by Gasteiger charge is -2.44. The Bertz CT molecular complexity index is 702. The first-order valence-corrected chi connectivity index (χ1v) is 8.08. The highest BCUT2D eigenvalue weighted by molar-refractivity contribution is 5.92. The Balaban J connectivity index is 1.46. The molecule has 1 atom stereocenters. The van der Waals surface area contributed by atoms with Crippen molar-refractivity contribution in [2.24, 2.45) is 5.92 Å². The summed E-state index contributed by atoms with van der Waals surface area (Å²) < 4.78 is 18.6. The number of halogens is 1. The average Bonchev–Trinajstić information content (AvgIpc) is 3.07. The van der Waals surface area contributed by atoms with Crippen LogP contribution in [-0.4, -0.2) is 36.5 Å². The van der Waals surface area contributed by atoms with E-state index in [1.807, 2.05) is 0 Å². The van der Waals surface area contributed by atoms with E-state index in [2.05, 4.69) is 10.2 Å². The first kappa shape index (κ1) is 14.5. The van der Waals surface area contributed by atoms with Crippen LogP contribution in [0.1, 0.15) is 23.4 Å². The standard InChI is InChI=1S/C18H19FN2O2/c19-14-3-1-13(2-4-14)16-5-6-17(23-16)18(22)20-15-11-21-9-7-12(15)8-10-21/h1-6,12,15H,7-11H2,(H,20,22)/t15-/m0/s1. The van der Waals surface area contributed by atoms with Crippen molar-refractivity contribution in [2.75, 3.05) is 19.6 Å². The average molecular weight is 314 g/mol. The minimum absolute atomic E-state index is 0.169. The molecule has 1 amide bonds. The number of furan rings is 1. The Morgan fingerprint density at radius 3 is 2.52 bits per heavy atom. The molecule has 0 saturated carbocycles. The van der Waals surface area contributed by atoms with E-state index in [9.17, 15) is 9.18 Å². The van der Waals surface area contributed by atoms with Crippen molar-refractivity contribution in [3.05, 3.63) is 48.0 Å². The molecule has 0 radical (unpaired) electrons. The molecule has 1 N–H and O–H groups in total. The molecule has 5 heteroatoms. The van der Waals surface area contributed by atoms with Gasteiger partial charge in [-0.3, -0.25) is 4.79 Å². The lowest BCUT2D eigenvalue weighted by atomic mass is 9.84. The van der Waals surface area contributed by atoms with Gasteiger partial charge in [0.25, 0.3) is 5.91 Å². The van der Waals surface area contributed by atoms with Crippen molar-refractivity contribution < 1.29 is 13.6 Å². The third-order valence-electron chi connectivity index (χ3n) is 4.93. The Hall–Kier alpha value is -2.14. The number of benzene rings is 1. The van der Waals surface area contributed by atoms with E-state index in [-0.39, 0.29) is 17.8 Å². The molecule has 1 aromatic heterocycles. The molecule has 4 heterocycles. The number of hydrogen-bond donors (Lipinski definition) is 1. The number of hydrogen-bond acceptors (Lipinski definition) is 3. The highest BCUT2D eigenvalue weighted by atomic mass is 19.1. The second kappa shape index (κ2) is 5.81. The van der Waals surface area contributed by atoms with Gasteiger partial charge in [-0.25, -0.2) is 4.39 Å². The smallest absolute Gasteiger partial charge is 0.287 e. The van der Waals surface area contributed by atoms with Gasteiger partial charge in [-0.2, -0.15) is 0 Å². The summed E-state index contributed by atoms with van der Waals surface area (Å²) in [6, 6.07) is 9.68. The first-order valence-electron chi connectivity index (χ1n) is 8.08. The van der Waals surface area contributed by atoms with Crippen LogP contribution in [0.2, 0.25) is 0 Å². The Kier molecular flexibility index (Phi) is 3.65. The molecule has 3 aliphatic heterocycles. The molecule has 2 bridgehead atoms. The Labute approximate surface area is 134 Å². The van der Waals surface area contributed by atoms with Crippen LogP contribution in [0.15, 0.2) is 40.8 Å². The number of carbonyl (C=O) groups excluding carboxylic acids is 1. The Morgan fingerprint density at radius 2 is 1.87 bits per heavy atom. The first-order chi connectivity index (χ1) is 11.2. The summed E-state index contributed by atoms with van der Waals surface area (Å²) in [5.74, 6) is 0.998. The van der Waals surface area contributed by atoms with Gasteiger partial charge in [0.15, 0.2) is 5.76 Å². The van der Waals surface area contributed by atoms with Crippen LogP contribution in [0.25, 0.3) is 11.3 Å². The maximum Gasteiger partial charge on any atom is 0.287 e. The minimum atomic E-state index is -0.291. The predicted octanol–water partition coefficient (Wildman–Crippen LogP) is 2.91. The van der Waals surface area contributed by atoms with Crippen molar-refractivity contribution in [2.45, 2.75) is 18.9 Å². The highest BCUT2D eigenvalue weighted by Gasteiger charge is 2.35. The van der Waals surface area contributed by atoms with E-state index in [1.54, 1.807) is 24.3 Å². The molecule has 5 rings (SSSR count). The Morgan fingerprint density at radius 1 is 1.13 bits per heavy atom. The summed E-state index contributed by atoms with van der Waals surface area (Å²) in [4.78, 5) is 14.8. The van der Waals surface area contributed by atoms with Gasteiger partial charge < -0.3 is 14.6 Å². The van der Waals surface area contributed by atoms with Crippen LogP contribution in [0.5, 0.6) is 0 Å². The van der Waals surface area contributed by atoms with Gasteiger partial charge in [-0.15, -0.1) is 0 Å². The molecular formula is C18H19FN2O2. The number of nitrogens with one attached hydrogen (secondary N) is 1. The van der Waals surface area contributed by atoms with E-state index in [0.29, 0.717) is 17.4 Å². The fraction of sp³-hybridized carbons (Fsp3) is 0.389. The predicted molar refractivity (Wildman–Crippen MR) is 84.5 cm³/mol. The van der Waals surface area contributed by atoms with Crippen LogP contribution in [-0.2, 0) is 0 Å². The zero-order valence-corrected chi connectivity index (χ0v) is 12.8. The maximum absolute atomic E-state index is 13.0. The maximum atomic E-state index is 13.0. The van der Waals surface area contributed by atoms with Crippen LogP contribution < -0.4 is 5.32 Å². The monoisotopic (exact) mass is 314 g/mol. The summed E-state index contributed by atoms with van der Waals surface area (Å²) in [6.07, 6.45) is 2.31.